The van der Waals surface area contributed by atoms with Crippen molar-refractivity contribution < 1.29 is 14.3 Å². The lowest BCUT2D eigenvalue weighted by atomic mass is 10.1. The van der Waals surface area contributed by atoms with Gasteiger partial charge in [-0.05, 0) is 42.3 Å². The van der Waals surface area contributed by atoms with E-state index in [0.29, 0.717) is 28.6 Å². The number of hydrazine groups is 1. The van der Waals surface area contributed by atoms with E-state index in [1.165, 1.54) is 11.1 Å². The third kappa shape index (κ3) is 3.67. The minimum Gasteiger partial charge on any atom is -0.492 e. The highest BCUT2D eigenvalue weighted by Gasteiger charge is 2.34. The molecule has 0 aromatic heterocycles. The van der Waals surface area contributed by atoms with Crippen molar-refractivity contribution in [3.8, 4) is 5.75 Å². The Morgan fingerprint density at radius 3 is 2.60 bits per heavy atom. The van der Waals surface area contributed by atoms with Crippen molar-refractivity contribution in [2.45, 2.75) is 13.3 Å². The van der Waals surface area contributed by atoms with Gasteiger partial charge in [0.2, 0.25) is 0 Å². The Hall–Kier alpha value is -2.79. The number of carbonyl (C=O) groups excluding carboxylic acids is 2. The number of amides is 2. The molecule has 5 nitrogen and oxygen atoms in total. The lowest BCUT2D eigenvalue weighted by Gasteiger charge is -2.13. The normalized spacial score (nSPS) is 15.6. The van der Waals surface area contributed by atoms with Gasteiger partial charge >= 0.3 is 0 Å². The van der Waals surface area contributed by atoms with Crippen molar-refractivity contribution in [3.05, 3.63) is 64.7 Å². The third-order valence-corrected chi connectivity index (χ3v) is 3.93. The van der Waals surface area contributed by atoms with Gasteiger partial charge in [0.05, 0.1) is 17.3 Å². The van der Waals surface area contributed by atoms with Crippen LogP contribution in [0, 0.1) is 0 Å². The molecule has 1 aliphatic rings. The van der Waals surface area contributed by atoms with E-state index < -0.39 is 11.8 Å². The Morgan fingerprint density at radius 2 is 1.92 bits per heavy atom. The van der Waals surface area contributed by atoms with E-state index in [9.17, 15) is 9.59 Å². The molecule has 0 aliphatic carbocycles. The summed E-state index contributed by atoms with van der Waals surface area (Å²) < 4.78 is 5.52. The molecule has 128 valence electrons. The number of rotatable bonds is 5. The molecule has 1 aliphatic heterocycles. The second-order valence-corrected chi connectivity index (χ2v) is 5.92. The fourth-order valence-electron chi connectivity index (χ4n) is 2.42. The van der Waals surface area contributed by atoms with Gasteiger partial charge in [-0.3, -0.25) is 15.0 Å². The van der Waals surface area contributed by atoms with E-state index in [2.05, 4.69) is 5.43 Å². The first kappa shape index (κ1) is 17.0. The molecule has 6 heteroatoms. The van der Waals surface area contributed by atoms with E-state index >= 15 is 0 Å². The number of benzene rings is 2. The predicted octanol–water partition coefficient (Wildman–Crippen LogP) is 3.59. The molecule has 0 unspecified atom stereocenters. The number of para-hydroxylation sites is 1. The topological polar surface area (TPSA) is 58.6 Å². The Kier molecular flexibility index (Phi) is 5.05. The number of hydrogen-bond donors (Lipinski definition) is 1. The summed E-state index contributed by atoms with van der Waals surface area (Å²) in [5.74, 6) is -0.270. The number of nitrogens with one attached hydrogen (secondary N) is 1. The number of nitrogens with zero attached hydrogens (tertiary/aromatic N) is 1. The molecule has 2 aromatic rings. The van der Waals surface area contributed by atoms with Crippen LogP contribution < -0.4 is 15.2 Å². The lowest BCUT2D eigenvalue weighted by molar-refractivity contribution is -0.117. The average molecular weight is 357 g/mol. The molecule has 0 saturated carbocycles. The SMILES string of the molecule is CCCOc1ccc(/C=C2/C(=O)NN(c3ccccc3)C2=O)cc1Cl. The Labute approximate surface area is 150 Å². The van der Waals surface area contributed by atoms with Gasteiger partial charge in [0.25, 0.3) is 11.8 Å². The summed E-state index contributed by atoms with van der Waals surface area (Å²) in [5, 5.41) is 1.67. The summed E-state index contributed by atoms with van der Waals surface area (Å²) in [5.41, 5.74) is 3.88. The van der Waals surface area contributed by atoms with Crippen LogP contribution in [0.15, 0.2) is 54.1 Å². The van der Waals surface area contributed by atoms with Gasteiger partial charge in [-0.15, -0.1) is 0 Å². The van der Waals surface area contributed by atoms with Gasteiger partial charge in [-0.1, -0.05) is 42.8 Å². The minimum absolute atomic E-state index is 0.0575. The van der Waals surface area contributed by atoms with Gasteiger partial charge in [-0.2, -0.15) is 0 Å². The number of halogens is 1. The van der Waals surface area contributed by atoms with Crippen LogP contribution in [0.1, 0.15) is 18.9 Å². The van der Waals surface area contributed by atoms with Crippen molar-refractivity contribution in [3.63, 3.8) is 0 Å². The van der Waals surface area contributed by atoms with E-state index in [1.54, 1.807) is 42.5 Å². The van der Waals surface area contributed by atoms with Crippen LogP contribution in [-0.2, 0) is 9.59 Å². The van der Waals surface area contributed by atoms with Crippen molar-refractivity contribution in [2.75, 3.05) is 11.6 Å². The van der Waals surface area contributed by atoms with Gasteiger partial charge in [-0.25, -0.2) is 5.01 Å². The van der Waals surface area contributed by atoms with Gasteiger partial charge in [0.15, 0.2) is 0 Å². The number of anilines is 1. The molecule has 1 N–H and O–H groups in total. The monoisotopic (exact) mass is 356 g/mol. The van der Waals surface area contributed by atoms with Crippen LogP contribution in [-0.4, -0.2) is 18.4 Å². The molecule has 2 amide bonds. The van der Waals surface area contributed by atoms with Crippen LogP contribution in [0.5, 0.6) is 5.75 Å². The Morgan fingerprint density at radius 1 is 1.16 bits per heavy atom. The molecule has 0 spiro atoms. The van der Waals surface area contributed by atoms with Gasteiger partial charge in [0.1, 0.15) is 11.3 Å². The fraction of sp³-hybridized carbons (Fsp3) is 0.158. The maximum absolute atomic E-state index is 12.5. The predicted molar refractivity (Wildman–Crippen MR) is 97.3 cm³/mol. The lowest BCUT2D eigenvalue weighted by Crippen LogP contribution is -2.35. The molecule has 1 heterocycles. The first-order chi connectivity index (χ1) is 12.1. The van der Waals surface area contributed by atoms with Crippen molar-refractivity contribution in [2.24, 2.45) is 0 Å². The van der Waals surface area contributed by atoms with Crippen LogP contribution >= 0.6 is 11.6 Å². The van der Waals surface area contributed by atoms with Gasteiger partial charge < -0.3 is 4.74 Å². The zero-order valence-corrected chi connectivity index (χ0v) is 14.4. The van der Waals surface area contributed by atoms with Crippen LogP contribution in [0.4, 0.5) is 5.69 Å². The average Bonchev–Trinajstić information content (AvgIpc) is 2.90. The van der Waals surface area contributed by atoms with Crippen molar-refractivity contribution in [1.82, 2.24) is 5.43 Å². The zero-order valence-electron chi connectivity index (χ0n) is 13.7. The molecule has 25 heavy (non-hydrogen) atoms. The highest BCUT2D eigenvalue weighted by molar-refractivity contribution is 6.33. The first-order valence-electron chi connectivity index (χ1n) is 7.94. The smallest absolute Gasteiger partial charge is 0.282 e. The summed E-state index contributed by atoms with van der Waals surface area (Å²) in [6.07, 6.45) is 2.40. The number of ether oxygens (including phenoxy) is 1. The fourth-order valence-corrected chi connectivity index (χ4v) is 2.66. The highest BCUT2D eigenvalue weighted by atomic mass is 35.5. The van der Waals surface area contributed by atoms with Crippen molar-refractivity contribution in [1.29, 1.82) is 0 Å². The van der Waals surface area contributed by atoms with Crippen LogP contribution in [0.3, 0.4) is 0 Å². The number of hydrogen-bond acceptors (Lipinski definition) is 3. The van der Waals surface area contributed by atoms with Crippen LogP contribution in [0.2, 0.25) is 5.02 Å². The van der Waals surface area contributed by atoms with E-state index in [0.717, 1.165) is 6.42 Å². The number of carbonyl (C=O) groups is 2. The summed E-state index contributed by atoms with van der Waals surface area (Å²) in [7, 11) is 0. The van der Waals surface area contributed by atoms with E-state index in [1.807, 2.05) is 13.0 Å². The van der Waals surface area contributed by atoms with Crippen LogP contribution in [0.25, 0.3) is 6.08 Å². The molecule has 2 aromatic carbocycles. The molecule has 0 radical (unpaired) electrons. The Balaban J connectivity index is 1.85. The Bertz CT molecular complexity index is 834. The molecule has 3 rings (SSSR count). The van der Waals surface area contributed by atoms with Gasteiger partial charge in [0, 0.05) is 0 Å². The van der Waals surface area contributed by atoms with Crippen molar-refractivity contribution >= 4 is 35.2 Å². The van der Waals surface area contributed by atoms with E-state index in [4.69, 9.17) is 16.3 Å². The van der Waals surface area contributed by atoms with E-state index in [-0.39, 0.29) is 5.57 Å². The summed E-state index contributed by atoms with van der Waals surface area (Å²) in [4.78, 5) is 24.7. The second-order valence-electron chi connectivity index (χ2n) is 5.51. The standard InChI is InChI=1S/C19H17ClN2O3/c1-2-10-25-17-9-8-13(12-16(17)20)11-15-18(23)21-22(19(15)24)14-6-4-3-5-7-14/h3-9,11-12H,2,10H2,1H3,(H,21,23)/b15-11-. The summed E-state index contributed by atoms with van der Waals surface area (Å²) >= 11 is 6.20. The summed E-state index contributed by atoms with van der Waals surface area (Å²) in [6, 6.07) is 14.1. The molecular weight excluding hydrogens is 340 g/mol. The highest BCUT2D eigenvalue weighted by Crippen LogP contribution is 2.28. The minimum atomic E-state index is -0.448. The molecular formula is C19H17ClN2O3. The zero-order chi connectivity index (χ0) is 17.8. The largest absolute Gasteiger partial charge is 0.492 e. The first-order valence-corrected chi connectivity index (χ1v) is 8.32. The molecule has 0 atom stereocenters. The molecule has 1 saturated heterocycles. The summed E-state index contributed by atoms with van der Waals surface area (Å²) in [6.45, 7) is 2.59. The maximum atomic E-state index is 12.5. The maximum Gasteiger partial charge on any atom is 0.282 e. The second kappa shape index (κ2) is 7.40. The molecule has 0 bridgehead atoms. The third-order valence-electron chi connectivity index (χ3n) is 3.63. The molecule has 1 fully saturated rings. The quantitative estimate of drug-likeness (QED) is 0.658.